The van der Waals surface area contributed by atoms with Crippen LogP contribution in [0.15, 0.2) is 95.9 Å². The normalized spacial score (nSPS) is 12.8. The molecule has 1 heterocycles. The predicted octanol–water partition coefficient (Wildman–Crippen LogP) is 6.72. The third-order valence-corrected chi connectivity index (χ3v) is 7.49. The van der Waals surface area contributed by atoms with E-state index in [4.69, 9.17) is 11.6 Å². The van der Waals surface area contributed by atoms with Crippen molar-refractivity contribution in [1.82, 2.24) is 5.32 Å². The van der Waals surface area contributed by atoms with Crippen LogP contribution in [0.25, 0.3) is 11.1 Å². The summed E-state index contributed by atoms with van der Waals surface area (Å²) in [6.45, 7) is 0.344. The summed E-state index contributed by atoms with van der Waals surface area (Å²) in [7, 11) is 0. The molecule has 0 radical (unpaired) electrons. The third kappa shape index (κ3) is 5.01. The Morgan fingerprint density at radius 1 is 0.972 bits per heavy atom. The second kappa shape index (κ2) is 10.6. The van der Waals surface area contributed by atoms with Crippen LogP contribution < -0.4 is 10.2 Å². The fourth-order valence-corrected chi connectivity index (χ4v) is 5.35. The van der Waals surface area contributed by atoms with Crippen molar-refractivity contribution < 1.29 is 14.0 Å². The Morgan fingerprint density at radius 3 is 2.56 bits per heavy atom. The van der Waals surface area contributed by atoms with Crippen LogP contribution in [0, 0.1) is 5.82 Å². The minimum atomic E-state index is -0.471. The van der Waals surface area contributed by atoms with Crippen molar-refractivity contribution >= 4 is 40.9 Å². The first-order valence-electron chi connectivity index (χ1n) is 11.4. The Kier molecular flexibility index (Phi) is 7.07. The lowest BCUT2D eigenvalue weighted by atomic mass is 9.99. The van der Waals surface area contributed by atoms with E-state index in [1.165, 1.54) is 28.8 Å². The zero-order valence-corrected chi connectivity index (χ0v) is 20.8. The first kappa shape index (κ1) is 24.1. The number of rotatable bonds is 6. The number of nitrogens with one attached hydrogen (secondary N) is 1. The standard InChI is InChI=1S/C29H22ClFN2O2S/c30-24-11-6-12-25(31)23(24)17-33-26-15-20(13-14-27(26)36-18-28(33)34)29(35)32-16-21-9-4-5-10-22(21)19-7-2-1-3-8-19/h1-15H,16-18H2,(H,32,35). The first-order chi connectivity index (χ1) is 17.5. The Balaban J connectivity index is 1.38. The number of benzene rings is 4. The molecule has 0 aromatic heterocycles. The molecule has 5 rings (SSSR count). The lowest BCUT2D eigenvalue weighted by Gasteiger charge is -2.30. The highest BCUT2D eigenvalue weighted by atomic mass is 35.5. The van der Waals surface area contributed by atoms with Gasteiger partial charge >= 0.3 is 0 Å². The number of amides is 2. The van der Waals surface area contributed by atoms with Crippen molar-refractivity contribution in [1.29, 1.82) is 0 Å². The third-order valence-electron chi connectivity index (χ3n) is 6.08. The molecule has 4 aromatic rings. The SMILES string of the molecule is O=C(NCc1ccccc1-c1ccccc1)c1ccc2c(c1)N(Cc1c(F)cccc1Cl)C(=O)CS2. The molecule has 2 amide bonds. The van der Waals surface area contributed by atoms with Gasteiger partial charge in [-0.25, -0.2) is 4.39 Å². The van der Waals surface area contributed by atoms with Gasteiger partial charge in [-0.1, -0.05) is 72.3 Å². The second-order valence-electron chi connectivity index (χ2n) is 8.36. The van der Waals surface area contributed by atoms with Crippen molar-refractivity contribution in [2.75, 3.05) is 10.7 Å². The number of hydrogen-bond donors (Lipinski definition) is 1. The highest BCUT2D eigenvalue weighted by Crippen LogP contribution is 2.38. The van der Waals surface area contributed by atoms with E-state index in [0.29, 0.717) is 17.8 Å². The first-order valence-corrected chi connectivity index (χ1v) is 12.8. The molecule has 7 heteroatoms. The summed E-state index contributed by atoms with van der Waals surface area (Å²) < 4.78 is 14.4. The maximum absolute atomic E-state index is 14.4. The molecule has 1 aliphatic heterocycles. The van der Waals surface area contributed by atoms with Crippen molar-refractivity contribution in [3.8, 4) is 11.1 Å². The lowest BCUT2D eigenvalue weighted by molar-refractivity contribution is -0.116. The number of carbonyl (C=O) groups is 2. The van der Waals surface area contributed by atoms with Gasteiger partial charge in [-0.15, -0.1) is 11.8 Å². The zero-order valence-electron chi connectivity index (χ0n) is 19.2. The number of carbonyl (C=O) groups excluding carboxylic acids is 2. The van der Waals surface area contributed by atoms with Gasteiger partial charge in [-0.05, 0) is 47.0 Å². The highest BCUT2D eigenvalue weighted by molar-refractivity contribution is 8.00. The molecule has 1 N–H and O–H groups in total. The molecule has 0 fully saturated rings. The molecule has 4 aromatic carbocycles. The number of hydrogen-bond acceptors (Lipinski definition) is 3. The van der Waals surface area contributed by atoms with E-state index in [2.05, 4.69) is 5.32 Å². The molecule has 180 valence electrons. The quantitative estimate of drug-likeness (QED) is 0.309. The van der Waals surface area contributed by atoms with E-state index >= 15 is 0 Å². The molecule has 4 nitrogen and oxygen atoms in total. The predicted molar refractivity (Wildman–Crippen MR) is 143 cm³/mol. The van der Waals surface area contributed by atoms with Gasteiger partial charge in [0, 0.05) is 27.6 Å². The Labute approximate surface area is 218 Å². The van der Waals surface area contributed by atoms with Gasteiger partial charge < -0.3 is 10.2 Å². The lowest BCUT2D eigenvalue weighted by Crippen LogP contribution is -2.35. The average molecular weight is 517 g/mol. The van der Waals surface area contributed by atoms with Crippen LogP contribution in [0.5, 0.6) is 0 Å². The fraction of sp³-hybridized carbons (Fsp3) is 0.103. The van der Waals surface area contributed by atoms with E-state index in [0.717, 1.165) is 21.6 Å². The molecule has 1 aliphatic rings. The number of nitrogens with zero attached hydrogens (tertiary/aromatic N) is 1. The molecular weight excluding hydrogens is 495 g/mol. The van der Waals surface area contributed by atoms with Gasteiger partial charge in [0.25, 0.3) is 5.91 Å². The van der Waals surface area contributed by atoms with Crippen molar-refractivity contribution in [3.05, 3.63) is 119 Å². The number of fused-ring (bicyclic) bond motifs is 1. The number of anilines is 1. The topological polar surface area (TPSA) is 49.4 Å². The molecule has 0 spiro atoms. The monoisotopic (exact) mass is 516 g/mol. The second-order valence-corrected chi connectivity index (χ2v) is 9.78. The summed E-state index contributed by atoms with van der Waals surface area (Å²) in [6.07, 6.45) is 0. The van der Waals surface area contributed by atoms with Gasteiger partial charge in [0.1, 0.15) is 5.82 Å². The summed E-state index contributed by atoms with van der Waals surface area (Å²) >= 11 is 7.61. The van der Waals surface area contributed by atoms with Gasteiger partial charge in [0.15, 0.2) is 0 Å². The molecular formula is C29H22ClFN2O2S. The van der Waals surface area contributed by atoms with Crippen molar-refractivity contribution in [2.24, 2.45) is 0 Å². The molecule has 0 saturated heterocycles. The average Bonchev–Trinajstić information content (AvgIpc) is 2.91. The van der Waals surface area contributed by atoms with Gasteiger partial charge in [-0.2, -0.15) is 0 Å². The van der Waals surface area contributed by atoms with Crippen LogP contribution in [-0.4, -0.2) is 17.6 Å². The van der Waals surface area contributed by atoms with Gasteiger partial charge in [0.05, 0.1) is 18.0 Å². The molecule has 36 heavy (non-hydrogen) atoms. The van der Waals surface area contributed by atoms with Crippen LogP contribution in [0.1, 0.15) is 21.5 Å². The van der Waals surface area contributed by atoms with Crippen LogP contribution >= 0.6 is 23.4 Å². The van der Waals surface area contributed by atoms with Crippen LogP contribution in [0.2, 0.25) is 5.02 Å². The summed E-state index contributed by atoms with van der Waals surface area (Å²) in [5.74, 6) is -0.657. The minimum absolute atomic E-state index is 0.00652. The Hall–Kier alpha value is -3.61. The van der Waals surface area contributed by atoms with Gasteiger partial charge in [-0.3, -0.25) is 9.59 Å². The van der Waals surface area contributed by atoms with E-state index < -0.39 is 5.82 Å². The maximum Gasteiger partial charge on any atom is 0.251 e. The van der Waals surface area contributed by atoms with E-state index in [1.807, 2.05) is 60.7 Å². The molecule has 0 unspecified atom stereocenters. The van der Waals surface area contributed by atoms with E-state index in [9.17, 15) is 14.0 Å². The maximum atomic E-state index is 14.4. The molecule has 0 bridgehead atoms. The molecule has 0 atom stereocenters. The highest BCUT2D eigenvalue weighted by Gasteiger charge is 2.27. The Bertz CT molecular complexity index is 1420. The van der Waals surface area contributed by atoms with Crippen molar-refractivity contribution in [3.63, 3.8) is 0 Å². The van der Waals surface area contributed by atoms with E-state index in [1.54, 1.807) is 18.2 Å². The molecule has 0 saturated carbocycles. The summed E-state index contributed by atoms with van der Waals surface area (Å²) in [6, 6.07) is 27.7. The Morgan fingerprint density at radius 2 is 1.75 bits per heavy atom. The van der Waals surface area contributed by atoms with Crippen LogP contribution in [0.3, 0.4) is 0 Å². The largest absolute Gasteiger partial charge is 0.348 e. The van der Waals surface area contributed by atoms with Crippen molar-refractivity contribution in [2.45, 2.75) is 18.0 Å². The summed E-state index contributed by atoms with van der Waals surface area (Å²) in [5, 5.41) is 3.25. The summed E-state index contributed by atoms with van der Waals surface area (Å²) in [4.78, 5) is 28.2. The van der Waals surface area contributed by atoms with Crippen LogP contribution in [0.4, 0.5) is 10.1 Å². The zero-order chi connectivity index (χ0) is 25.1. The van der Waals surface area contributed by atoms with Gasteiger partial charge in [0.2, 0.25) is 5.91 Å². The smallest absolute Gasteiger partial charge is 0.251 e. The fourth-order valence-electron chi connectivity index (χ4n) is 4.21. The van der Waals surface area contributed by atoms with E-state index in [-0.39, 0.29) is 34.7 Å². The summed E-state index contributed by atoms with van der Waals surface area (Å²) in [5.41, 5.74) is 4.38. The number of halogens is 2. The minimum Gasteiger partial charge on any atom is -0.348 e. The number of thioether (sulfide) groups is 1. The molecule has 0 aliphatic carbocycles. The van der Waals surface area contributed by atoms with Crippen LogP contribution in [-0.2, 0) is 17.9 Å².